The Morgan fingerprint density at radius 2 is 2.17 bits per heavy atom. The number of aryl methyl sites for hydroxylation is 1. The van der Waals surface area contributed by atoms with Crippen molar-refractivity contribution < 1.29 is 0 Å². The number of anilines is 1. The highest BCUT2D eigenvalue weighted by Crippen LogP contribution is 2.27. The van der Waals surface area contributed by atoms with Gasteiger partial charge in [0.25, 0.3) is 0 Å². The number of unbranched alkanes of at least 4 members (excludes halogenated alkanes) is 2. The van der Waals surface area contributed by atoms with Gasteiger partial charge in [0, 0.05) is 17.8 Å². The zero-order valence-electron chi connectivity index (χ0n) is 10.3. The second-order valence-electron chi connectivity index (χ2n) is 4.17. The van der Waals surface area contributed by atoms with Gasteiger partial charge in [-0.15, -0.1) is 5.10 Å². The summed E-state index contributed by atoms with van der Waals surface area (Å²) in [7, 11) is 0. The Bertz CT molecular complexity index is 523. The van der Waals surface area contributed by atoms with E-state index in [0.717, 1.165) is 24.9 Å². The van der Waals surface area contributed by atoms with Crippen LogP contribution >= 0.6 is 11.6 Å². The number of nitrogens with two attached hydrogens (primary N) is 1. The smallest absolute Gasteiger partial charge is 0.183 e. The van der Waals surface area contributed by atoms with E-state index in [9.17, 15) is 0 Å². The third-order valence-corrected chi connectivity index (χ3v) is 3.05. The lowest BCUT2D eigenvalue weighted by molar-refractivity contribution is 0.541. The molecule has 2 N–H and O–H groups in total. The molecule has 2 aromatic rings. The number of benzene rings is 1. The fourth-order valence-electron chi connectivity index (χ4n) is 1.77. The van der Waals surface area contributed by atoms with Crippen molar-refractivity contribution in [3.8, 4) is 11.4 Å². The lowest BCUT2D eigenvalue weighted by atomic mass is 10.2. The molecule has 18 heavy (non-hydrogen) atoms. The number of nitrogens with zero attached hydrogens (tertiary/aromatic N) is 4. The summed E-state index contributed by atoms with van der Waals surface area (Å²) in [5.41, 5.74) is 7.12. The Labute approximate surface area is 111 Å². The van der Waals surface area contributed by atoms with Crippen LogP contribution in [-0.2, 0) is 6.54 Å². The second-order valence-corrected chi connectivity index (χ2v) is 4.58. The molecular formula is C12H16ClN5. The molecule has 0 amide bonds. The monoisotopic (exact) mass is 265 g/mol. The molecule has 1 heterocycles. The number of nitrogen functional groups attached to an aromatic ring is 1. The fraction of sp³-hybridized carbons (Fsp3) is 0.417. The molecule has 0 saturated heterocycles. The van der Waals surface area contributed by atoms with Crippen LogP contribution in [0, 0.1) is 0 Å². The zero-order valence-corrected chi connectivity index (χ0v) is 11.1. The average Bonchev–Trinajstić information content (AvgIpc) is 2.78. The molecule has 0 fully saturated rings. The zero-order chi connectivity index (χ0) is 13.0. The third kappa shape index (κ3) is 2.79. The van der Waals surface area contributed by atoms with Crippen molar-refractivity contribution in [3.05, 3.63) is 23.2 Å². The van der Waals surface area contributed by atoms with Gasteiger partial charge in [-0.25, -0.2) is 4.68 Å². The molecular weight excluding hydrogens is 250 g/mol. The molecule has 0 aliphatic carbocycles. The van der Waals surface area contributed by atoms with Crippen LogP contribution in [0.25, 0.3) is 11.4 Å². The van der Waals surface area contributed by atoms with E-state index in [1.807, 2.05) is 6.07 Å². The molecule has 0 atom stereocenters. The SMILES string of the molecule is CCCCCn1nnnc1-c1ccc(N)cc1Cl. The van der Waals surface area contributed by atoms with Gasteiger partial charge in [-0.3, -0.25) is 0 Å². The van der Waals surface area contributed by atoms with Crippen molar-refractivity contribution in [1.29, 1.82) is 0 Å². The number of rotatable bonds is 5. The first kappa shape index (κ1) is 12.8. The molecule has 0 unspecified atom stereocenters. The van der Waals surface area contributed by atoms with Crippen LogP contribution in [0.3, 0.4) is 0 Å². The summed E-state index contributed by atoms with van der Waals surface area (Å²) in [5, 5.41) is 12.3. The molecule has 0 radical (unpaired) electrons. The molecule has 1 aromatic carbocycles. The van der Waals surface area contributed by atoms with Crippen molar-refractivity contribution in [2.45, 2.75) is 32.7 Å². The van der Waals surface area contributed by atoms with Gasteiger partial charge in [0.2, 0.25) is 0 Å². The third-order valence-electron chi connectivity index (χ3n) is 2.74. The minimum atomic E-state index is 0.571. The molecule has 5 nitrogen and oxygen atoms in total. The number of hydrogen-bond donors (Lipinski definition) is 1. The van der Waals surface area contributed by atoms with Crippen molar-refractivity contribution in [1.82, 2.24) is 20.2 Å². The van der Waals surface area contributed by atoms with Crippen molar-refractivity contribution >= 4 is 17.3 Å². The molecule has 0 bridgehead atoms. The van der Waals surface area contributed by atoms with E-state index in [4.69, 9.17) is 17.3 Å². The molecule has 0 aliphatic heterocycles. The summed E-state index contributed by atoms with van der Waals surface area (Å²) in [6, 6.07) is 5.36. The predicted molar refractivity (Wildman–Crippen MR) is 72.2 cm³/mol. The first-order chi connectivity index (χ1) is 8.72. The minimum absolute atomic E-state index is 0.571. The second kappa shape index (κ2) is 5.82. The largest absolute Gasteiger partial charge is 0.399 e. The normalized spacial score (nSPS) is 10.8. The highest BCUT2D eigenvalue weighted by Gasteiger charge is 2.12. The van der Waals surface area contributed by atoms with E-state index in [2.05, 4.69) is 22.4 Å². The molecule has 6 heteroatoms. The van der Waals surface area contributed by atoms with Crippen LogP contribution in [0.1, 0.15) is 26.2 Å². The van der Waals surface area contributed by atoms with E-state index in [0.29, 0.717) is 16.5 Å². The van der Waals surface area contributed by atoms with Gasteiger partial charge >= 0.3 is 0 Å². The van der Waals surface area contributed by atoms with Gasteiger partial charge in [-0.2, -0.15) is 0 Å². The lowest BCUT2D eigenvalue weighted by Crippen LogP contribution is -2.03. The van der Waals surface area contributed by atoms with E-state index < -0.39 is 0 Å². The summed E-state index contributed by atoms with van der Waals surface area (Å²) in [5.74, 6) is 0.691. The Kier molecular flexibility index (Phi) is 4.15. The summed E-state index contributed by atoms with van der Waals surface area (Å²) in [4.78, 5) is 0. The van der Waals surface area contributed by atoms with Crippen molar-refractivity contribution in [3.63, 3.8) is 0 Å². The van der Waals surface area contributed by atoms with Crippen LogP contribution in [0.4, 0.5) is 5.69 Å². The Hall–Kier alpha value is -1.62. The molecule has 0 spiro atoms. The van der Waals surface area contributed by atoms with E-state index in [1.165, 1.54) is 6.42 Å². The number of aromatic nitrogens is 4. The molecule has 1 aromatic heterocycles. The summed E-state index contributed by atoms with van der Waals surface area (Å²) in [6.07, 6.45) is 3.38. The topological polar surface area (TPSA) is 69.6 Å². The quantitative estimate of drug-likeness (QED) is 0.667. The lowest BCUT2D eigenvalue weighted by Gasteiger charge is -2.06. The molecule has 0 saturated carbocycles. The first-order valence-electron chi connectivity index (χ1n) is 6.04. The van der Waals surface area contributed by atoms with E-state index >= 15 is 0 Å². The highest BCUT2D eigenvalue weighted by atomic mass is 35.5. The molecule has 0 aliphatic rings. The van der Waals surface area contributed by atoms with Crippen LogP contribution in [0.5, 0.6) is 0 Å². The van der Waals surface area contributed by atoms with Gasteiger partial charge in [-0.05, 0) is 35.0 Å². The summed E-state index contributed by atoms with van der Waals surface area (Å²) >= 11 is 6.17. The Morgan fingerprint density at radius 1 is 1.33 bits per heavy atom. The van der Waals surface area contributed by atoms with Gasteiger partial charge in [0.15, 0.2) is 5.82 Å². The van der Waals surface area contributed by atoms with Gasteiger partial charge in [0.1, 0.15) is 0 Å². The van der Waals surface area contributed by atoms with E-state index in [-0.39, 0.29) is 0 Å². The van der Waals surface area contributed by atoms with Gasteiger partial charge in [0.05, 0.1) is 5.02 Å². The maximum atomic E-state index is 6.17. The van der Waals surface area contributed by atoms with Crippen molar-refractivity contribution in [2.75, 3.05) is 5.73 Å². The maximum absolute atomic E-state index is 6.17. The van der Waals surface area contributed by atoms with Crippen LogP contribution in [-0.4, -0.2) is 20.2 Å². The number of hydrogen-bond acceptors (Lipinski definition) is 4. The molecule has 2 rings (SSSR count). The fourth-order valence-corrected chi connectivity index (χ4v) is 2.05. The summed E-state index contributed by atoms with van der Waals surface area (Å²) < 4.78 is 1.78. The van der Waals surface area contributed by atoms with Gasteiger partial charge in [-0.1, -0.05) is 31.4 Å². The van der Waals surface area contributed by atoms with Gasteiger partial charge < -0.3 is 5.73 Å². The minimum Gasteiger partial charge on any atom is -0.399 e. The molecule has 96 valence electrons. The number of tetrazole rings is 1. The predicted octanol–water partition coefficient (Wildman–Crippen LogP) is 2.77. The number of halogens is 1. The van der Waals surface area contributed by atoms with Crippen LogP contribution < -0.4 is 5.73 Å². The van der Waals surface area contributed by atoms with E-state index in [1.54, 1.807) is 16.8 Å². The van der Waals surface area contributed by atoms with Crippen LogP contribution in [0.15, 0.2) is 18.2 Å². The maximum Gasteiger partial charge on any atom is 0.183 e. The average molecular weight is 266 g/mol. The Morgan fingerprint density at radius 3 is 2.89 bits per heavy atom. The Balaban J connectivity index is 2.25. The first-order valence-corrected chi connectivity index (χ1v) is 6.41. The summed E-state index contributed by atoms with van der Waals surface area (Å²) in [6.45, 7) is 2.97. The van der Waals surface area contributed by atoms with Crippen LogP contribution in [0.2, 0.25) is 5.02 Å². The highest BCUT2D eigenvalue weighted by molar-refractivity contribution is 6.33. The standard InChI is InChI=1S/C12H16ClN5/c1-2-3-4-7-18-12(15-16-17-18)10-6-5-9(14)8-11(10)13/h5-6,8H,2-4,7,14H2,1H3. The van der Waals surface area contributed by atoms with Crippen molar-refractivity contribution in [2.24, 2.45) is 0 Å².